The number of carbonyl (C=O) groups is 1. The van der Waals surface area contributed by atoms with Crippen molar-refractivity contribution in [3.05, 3.63) is 42.5 Å². The predicted molar refractivity (Wildman–Crippen MR) is 84.1 cm³/mol. The van der Waals surface area contributed by atoms with Gasteiger partial charge >= 0.3 is 6.03 Å². The number of aromatic nitrogens is 2. The zero-order valence-electron chi connectivity index (χ0n) is 12.8. The van der Waals surface area contributed by atoms with Crippen LogP contribution in [-0.2, 0) is 4.74 Å². The van der Waals surface area contributed by atoms with Gasteiger partial charge in [-0.25, -0.2) is 13.9 Å². The third-order valence-electron chi connectivity index (χ3n) is 3.84. The first kappa shape index (κ1) is 15.5. The van der Waals surface area contributed by atoms with Crippen LogP contribution in [0.25, 0.3) is 5.69 Å². The lowest BCUT2D eigenvalue weighted by Crippen LogP contribution is -2.43. The summed E-state index contributed by atoms with van der Waals surface area (Å²) in [7, 11) is 0. The van der Waals surface area contributed by atoms with Gasteiger partial charge < -0.3 is 15.4 Å². The van der Waals surface area contributed by atoms with Crippen molar-refractivity contribution in [1.29, 1.82) is 0 Å². The van der Waals surface area contributed by atoms with E-state index in [1.54, 1.807) is 29.2 Å². The zero-order valence-corrected chi connectivity index (χ0v) is 12.8. The largest absolute Gasteiger partial charge is 0.376 e. The number of hydrogen-bond acceptors (Lipinski definition) is 3. The molecule has 0 spiro atoms. The van der Waals surface area contributed by atoms with Crippen LogP contribution in [0.3, 0.4) is 0 Å². The molecule has 2 amide bonds. The molecular formula is C16H19FN4O2. The van der Waals surface area contributed by atoms with Crippen molar-refractivity contribution in [2.45, 2.75) is 31.9 Å². The van der Waals surface area contributed by atoms with Crippen molar-refractivity contribution in [3.8, 4) is 5.69 Å². The maximum Gasteiger partial charge on any atom is 0.319 e. The Hall–Kier alpha value is -2.41. The van der Waals surface area contributed by atoms with Crippen molar-refractivity contribution in [2.75, 3.05) is 11.9 Å². The molecule has 1 saturated heterocycles. The van der Waals surface area contributed by atoms with Gasteiger partial charge in [0, 0.05) is 19.0 Å². The number of nitrogens with one attached hydrogen (secondary N) is 2. The van der Waals surface area contributed by atoms with E-state index in [9.17, 15) is 9.18 Å². The number of halogens is 1. The smallest absolute Gasteiger partial charge is 0.319 e. The van der Waals surface area contributed by atoms with E-state index < -0.39 is 11.8 Å². The molecule has 7 heteroatoms. The predicted octanol–water partition coefficient (Wildman–Crippen LogP) is 2.70. The number of nitrogens with zero attached hydrogens (tertiary/aromatic N) is 2. The number of hydrogen-bond donors (Lipinski definition) is 2. The van der Waals surface area contributed by atoms with Crippen LogP contribution < -0.4 is 10.6 Å². The summed E-state index contributed by atoms with van der Waals surface area (Å²) in [6.45, 7) is 2.63. The zero-order chi connectivity index (χ0) is 16.2. The molecule has 1 aliphatic heterocycles. The summed E-state index contributed by atoms with van der Waals surface area (Å²) in [5, 5.41) is 9.63. The molecule has 1 aliphatic rings. The second kappa shape index (κ2) is 6.78. The van der Waals surface area contributed by atoms with Gasteiger partial charge in [-0.1, -0.05) is 0 Å². The number of rotatable bonds is 4. The molecule has 2 atom stereocenters. The van der Waals surface area contributed by atoms with Crippen molar-refractivity contribution >= 4 is 11.7 Å². The normalized spacial score (nSPS) is 18.6. The summed E-state index contributed by atoms with van der Waals surface area (Å²) in [6.07, 6.45) is 5.31. The molecule has 3 rings (SSSR count). The van der Waals surface area contributed by atoms with Gasteiger partial charge in [-0.15, -0.1) is 0 Å². The van der Waals surface area contributed by atoms with E-state index in [2.05, 4.69) is 15.7 Å². The van der Waals surface area contributed by atoms with Crippen LogP contribution in [0.2, 0.25) is 0 Å². The van der Waals surface area contributed by atoms with E-state index in [1.165, 1.54) is 12.1 Å². The SMILES string of the molecule is C[C@H](NC(=O)Nc1cc(F)ccc1-n1cccn1)[C@H]1CCCO1. The Morgan fingerprint density at radius 1 is 1.52 bits per heavy atom. The lowest BCUT2D eigenvalue weighted by atomic mass is 10.1. The summed E-state index contributed by atoms with van der Waals surface area (Å²) in [5.74, 6) is -0.427. The lowest BCUT2D eigenvalue weighted by molar-refractivity contribution is 0.0868. The molecule has 1 aromatic carbocycles. The van der Waals surface area contributed by atoms with Gasteiger partial charge in [0.15, 0.2) is 0 Å². The molecule has 2 heterocycles. The average Bonchev–Trinajstić information content (AvgIpc) is 3.21. The molecule has 122 valence electrons. The van der Waals surface area contributed by atoms with Gasteiger partial charge in [0.2, 0.25) is 0 Å². The molecule has 0 bridgehead atoms. The highest BCUT2D eigenvalue weighted by Crippen LogP contribution is 2.21. The maximum absolute atomic E-state index is 13.5. The van der Waals surface area contributed by atoms with Gasteiger partial charge in [0.1, 0.15) is 5.82 Å². The molecule has 6 nitrogen and oxygen atoms in total. The Balaban J connectivity index is 1.71. The first-order valence-corrected chi connectivity index (χ1v) is 7.62. The van der Waals surface area contributed by atoms with Crippen LogP contribution in [-0.4, -0.2) is 34.6 Å². The Labute approximate surface area is 133 Å². The van der Waals surface area contributed by atoms with Crippen LogP contribution in [0.4, 0.5) is 14.9 Å². The van der Waals surface area contributed by atoms with Crippen molar-refractivity contribution in [3.63, 3.8) is 0 Å². The molecule has 1 aromatic heterocycles. The highest BCUT2D eigenvalue weighted by Gasteiger charge is 2.23. The van der Waals surface area contributed by atoms with E-state index in [0.717, 1.165) is 19.4 Å². The quantitative estimate of drug-likeness (QED) is 0.911. The standard InChI is InChI=1S/C16H19FN4O2/c1-11(15-4-2-9-23-15)19-16(22)20-13-10-12(17)5-6-14(13)21-8-3-7-18-21/h3,5-8,10-11,15H,2,4,9H2,1H3,(H2,19,20,22)/t11-,15+/m0/s1. The second-order valence-electron chi connectivity index (χ2n) is 5.55. The van der Waals surface area contributed by atoms with E-state index >= 15 is 0 Å². The van der Waals surface area contributed by atoms with E-state index in [4.69, 9.17) is 4.74 Å². The third kappa shape index (κ3) is 3.68. The van der Waals surface area contributed by atoms with Crippen molar-refractivity contribution in [1.82, 2.24) is 15.1 Å². The van der Waals surface area contributed by atoms with Gasteiger partial charge in [-0.2, -0.15) is 5.10 Å². The fraction of sp³-hybridized carbons (Fsp3) is 0.375. The maximum atomic E-state index is 13.5. The Bertz CT molecular complexity index is 669. The number of benzene rings is 1. The third-order valence-corrected chi connectivity index (χ3v) is 3.84. The van der Waals surface area contributed by atoms with Crippen LogP contribution in [0.1, 0.15) is 19.8 Å². The van der Waals surface area contributed by atoms with Crippen LogP contribution in [0, 0.1) is 5.82 Å². The Morgan fingerprint density at radius 3 is 3.09 bits per heavy atom. The minimum absolute atomic E-state index is 0.0267. The molecule has 2 N–H and O–H groups in total. The van der Waals surface area contributed by atoms with Gasteiger partial charge in [0.25, 0.3) is 0 Å². The average molecular weight is 318 g/mol. The fourth-order valence-corrected chi connectivity index (χ4v) is 2.67. The number of carbonyl (C=O) groups excluding carboxylic acids is 1. The summed E-state index contributed by atoms with van der Waals surface area (Å²) in [5.41, 5.74) is 0.946. The molecule has 1 fully saturated rings. The summed E-state index contributed by atoms with van der Waals surface area (Å²) < 4.78 is 20.6. The fourth-order valence-electron chi connectivity index (χ4n) is 2.67. The molecule has 0 radical (unpaired) electrons. The highest BCUT2D eigenvalue weighted by molar-refractivity contribution is 5.91. The Morgan fingerprint density at radius 2 is 2.39 bits per heavy atom. The molecule has 23 heavy (non-hydrogen) atoms. The Kier molecular flexibility index (Phi) is 4.57. The van der Waals surface area contributed by atoms with Crippen molar-refractivity contribution < 1.29 is 13.9 Å². The van der Waals surface area contributed by atoms with Gasteiger partial charge in [-0.05, 0) is 44.0 Å². The first-order valence-electron chi connectivity index (χ1n) is 7.62. The van der Waals surface area contributed by atoms with Gasteiger partial charge in [0.05, 0.1) is 23.5 Å². The van der Waals surface area contributed by atoms with Crippen LogP contribution in [0.15, 0.2) is 36.7 Å². The molecule has 0 unspecified atom stereocenters. The van der Waals surface area contributed by atoms with E-state index in [1.807, 2.05) is 6.92 Å². The highest BCUT2D eigenvalue weighted by atomic mass is 19.1. The number of urea groups is 1. The number of ether oxygens (including phenoxy) is 1. The lowest BCUT2D eigenvalue weighted by Gasteiger charge is -2.20. The minimum Gasteiger partial charge on any atom is -0.376 e. The van der Waals surface area contributed by atoms with Crippen molar-refractivity contribution in [2.24, 2.45) is 0 Å². The molecule has 2 aromatic rings. The summed E-state index contributed by atoms with van der Waals surface area (Å²) >= 11 is 0. The summed E-state index contributed by atoms with van der Waals surface area (Å²) in [4.78, 5) is 12.2. The van der Waals surface area contributed by atoms with E-state index in [-0.39, 0.29) is 12.1 Å². The molecular weight excluding hydrogens is 299 g/mol. The molecule has 0 saturated carbocycles. The second-order valence-corrected chi connectivity index (χ2v) is 5.55. The minimum atomic E-state index is -0.427. The summed E-state index contributed by atoms with van der Waals surface area (Å²) in [6, 6.07) is 5.42. The van der Waals surface area contributed by atoms with Gasteiger partial charge in [-0.3, -0.25) is 0 Å². The number of amides is 2. The van der Waals surface area contributed by atoms with E-state index in [0.29, 0.717) is 11.4 Å². The monoisotopic (exact) mass is 318 g/mol. The number of anilines is 1. The first-order chi connectivity index (χ1) is 11.1. The van der Waals surface area contributed by atoms with Crippen LogP contribution >= 0.6 is 0 Å². The van der Waals surface area contributed by atoms with Crippen LogP contribution in [0.5, 0.6) is 0 Å². The molecule has 0 aliphatic carbocycles. The topological polar surface area (TPSA) is 68.2 Å².